The molecule has 0 aliphatic carbocycles. The van der Waals surface area contributed by atoms with E-state index in [1.165, 1.54) is 0 Å². The molecule has 0 saturated carbocycles. The molecule has 0 radical (unpaired) electrons. The number of hydrogen-bond donors (Lipinski definition) is 1. The Kier molecular flexibility index (Phi) is 3.14. The van der Waals surface area contributed by atoms with E-state index in [1.807, 2.05) is 0 Å². The van der Waals surface area contributed by atoms with Crippen molar-refractivity contribution >= 4 is 17.7 Å². The first-order chi connectivity index (χ1) is 8.56. The van der Waals surface area contributed by atoms with Crippen molar-refractivity contribution in [2.75, 3.05) is 0 Å². The van der Waals surface area contributed by atoms with E-state index in [0.717, 1.165) is 4.90 Å². The molecule has 1 aromatic carbocycles. The summed E-state index contributed by atoms with van der Waals surface area (Å²) in [6, 6.07) is 6.05. The van der Waals surface area contributed by atoms with Crippen molar-refractivity contribution in [2.24, 2.45) is 5.73 Å². The van der Waals surface area contributed by atoms with Crippen LogP contribution in [0, 0.1) is 0 Å². The van der Waals surface area contributed by atoms with Crippen molar-refractivity contribution in [3.63, 3.8) is 0 Å². The zero-order valence-electron chi connectivity index (χ0n) is 10.1. The molecular formula is C13H14N2O3. The molecule has 0 aromatic heterocycles. The van der Waals surface area contributed by atoms with Crippen molar-refractivity contribution in [3.05, 3.63) is 35.4 Å². The monoisotopic (exact) mass is 246 g/mol. The number of nitrogens with zero attached hydrogens (tertiary/aromatic N) is 1. The zero-order valence-corrected chi connectivity index (χ0v) is 10.1. The van der Waals surface area contributed by atoms with Crippen LogP contribution < -0.4 is 5.73 Å². The number of hydrogen-bond acceptors (Lipinski definition) is 3. The highest BCUT2D eigenvalue weighted by atomic mass is 16.2. The van der Waals surface area contributed by atoms with E-state index in [4.69, 9.17) is 5.73 Å². The van der Waals surface area contributed by atoms with Crippen LogP contribution in [-0.2, 0) is 16.0 Å². The molecule has 0 bridgehead atoms. The highest BCUT2D eigenvalue weighted by molar-refractivity contribution is 6.11. The fourth-order valence-corrected chi connectivity index (χ4v) is 2.20. The summed E-state index contributed by atoms with van der Waals surface area (Å²) >= 11 is 0. The lowest BCUT2D eigenvalue weighted by Crippen LogP contribution is -2.53. The number of primary amides is 1. The molecule has 94 valence electrons. The van der Waals surface area contributed by atoms with E-state index in [1.54, 1.807) is 31.2 Å². The van der Waals surface area contributed by atoms with E-state index in [-0.39, 0.29) is 12.3 Å². The number of carbonyl (C=O) groups is 3. The number of benzene rings is 1. The zero-order chi connectivity index (χ0) is 13.3. The summed E-state index contributed by atoms with van der Waals surface area (Å²) in [5, 5.41) is 0. The minimum Gasteiger partial charge on any atom is -0.368 e. The van der Waals surface area contributed by atoms with Crippen molar-refractivity contribution in [1.82, 2.24) is 4.90 Å². The Morgan fingerprint density at radius 3 is 2.67 bits per heavy atom. The standard InChI is InChI=1S/C13H14N2O3/c1-2-10(12(14)17)15-11(16)7-8-5-3-4-6-9(8)13(15)18/h3-6,10H,2,7H2,1H3,(H2,14,17). The number of fused-ring (bicyclic) bond motifs is 1. The Bertz CT molecular complexity index is 525. The maximum atomic E-state index is 12.2. The average molecular weight is 246 g/mol. The Morgan fingerprint density at radius 2 is 2.06 bits per heavy atom. The van der Waals surface area contributed by atoms with Crippen LogP contribution in [0.3, 0.4) is 0 Å². The fourth-order valence-electron chi connectivity index (χ4n) is 2.20. The fraction of sp³-hybridized carbons (Fsp3) is 0.308. The van der Waals surface area contributed by atoms with Gasteiger partial charge in [-0.15, -0.1) is 0 Å². The van der Waals surface area contributed by atoms with Gasteiger partial charge in [0.1, 0.15) is 6.04 Å². The van der Waals surface area contributed by atoms with E-state index in [0.29, 0.717) is 17.5 Å². The van der Waals surface area contributed by atoms with Crippen molar-refractivity contribution in [3.8, 4) is 0 Å². The molecule has 5 nitrogen and oxygen atoms in total. The maximum Gasteiger partial charge on any atom is 0.261 e. The van der Waals surface area contributed by atoms with Crippen molar-refractivity contribution < 1.29 is 14.4 Å². The van der Waals surface area contributed by atoms with Gasteiger partial charge in [0.2, 0.25) is 11.8 Å². The first-order valence-corrected chi connectivity index (χ1v) is 5.79. The van der Waals surface area contributed by atoms with Crippen LogP contribution in [0.25, 0.3) is 0 Å². The largest absolute Gasteiger partial charge is 0.368 e. The minimum absolute atomic E-state index is 0.131. The van der Waals surface area contributed by atoms with Gasteiger partial charge in [0.15, 0.2) is 0 Å². The molecular weight excluding hydrogens is 232 g/mol. The van der Waals surface area contributed by atoms with Crippen molar-refractivity contribution in [2.45, 2.75) is 25.8 Å². The third-order valence-electron chi connectivity index (χ3n) is 3.10. The molecule has 1 unspecified atom stereocenters. The number of imide groups is 1. The van der Waals surface area contributed by atoms with Gasteiger partial charge in [0.05, 0.1) is 6.42 Å². The lowest BCUT2D eigenvalue weighted by atomic mass is 9.96. The second kappa shape index (κ2) is 4.60. The van der Waals surface area contributed by atoms with Crippen LogP contribution >= 0.6 is 0 Å². The molecule has 1 aromatic rings. The number of amides is 3. The normalized spacial score (nSPS) is 16.4. The van der Waals surface area contributed by atoms with Gasteiger partial charge in [-0.2, -0.15) is 0 Å². The summed E-state index contributed by atoms with van der Waals surface area (Å²) in [6.45, 7) is 1.72. The predicted molar refractivity (Wildman–Crippen MR) is 64.6 cm³/mol. The Hall–Kier alpha value is -2.17. The van der Waals surface area contributed by atoms with Crippen LogP contribution in [0.1, 0.15) is 29.3 Å². The highest BCUT2D eigenvalue weighted by Gasteiger charge is 2.37. The van der Waals surface area contributed by atoms with Crippen LogP contribution in [0.4, 0.5) is 0 Å². The second-order valence-electron chi connectivity index (χ2n) is 4.23. The number of rotatable bonds is 3. The SMILES string of the molecule is CCC(C(N)=O)N1C(=O)Cc2ccccc2C1=O. The lowest BCUT2D eigenvalue weighted by molar-refractivity contribution is -0.136. The molecule has 2 N–H and O–H groups in total. The van der Waals surface area contributed by atoms with Gasteiger partial charge in [-0.3, -0.25) is 19.3 Å². The van der Waals surface area contributed by atoms with Crippen LogP contribution in [0.15, 0.2) is 24.3 Å². The molecule has 5 heteroatoms. The third kappa shape index (κ3) is 1.88. The Labute approximate surface area is 105 Å². The summed E-state index contributed by atoms with van der Waals surface area (Å²) in [5.41, 5.74) is 6.40. The highest BCUT2D eigenvalue weighted by Crippen LogP contribution is 2.22. The molecule has 0 fully saturated rings. The summed E-state index contributed by atoms with van der Waals surface area (Å²) in [7, 11) is 0. The molecule has 18 heavy (non-hydrogen) atoms. The summed E-state index contributed by atoms with van der Waals surface area (Å²) < 4.78 is 0. The molecule has 1 aliphatic rings. The van der Waals surface area contributed by atoms with Crippen molar-refractivity contribution in [1.29, 1.82) is 0 Å². The smallest absolute Gasteiger partial charge is 0.261 e. The second-order valence-corrected chi connectivity index (χ2v) is 4.23. The first kappa shape index (κ1) is 12.3. The van der Waals surface area contributed by atoms with E-state index >= 15 is 0 Å². The summed E-state index contributed by atoms with van der Waals surface area (Å²) in [5.74, 6) is -1.46. The maximum absolute atomic E-state index is 12.2. The first-order valence-electron chi connectivity index (χ1n) is 5.79. The molecule has 0 spiro atoms. The van der Waals surface area contributed by atoms with Gasteiger partial charge in [0.25, 0.3) is 5.91 Å². The van der Waals surface area contributed by atoms with Crippen LogP contribution in [-0.4, -0.2) is 28.7 Å². The Balaban J connectivity index is 2.43. The topological polar surface area (TPSA) is 80.5 Å². The van der Waals surface area contributed by atoms with Gasteiger partial charge in [-0.25, -0.2) is 0 Å². The van der Waals surface area contributed by atoms with Gasteiger partial charge in [-0.05, 0) is 18.1 Å². The Morgan fingerprint density at radius 1 is 1.39 bits per heavy atom. The number of nitrogens with two attached hydrogens (primary N) is 1. The quantitative estimate of drug-likeness (QED) is 0.787. The van der Waals surface area contributed by atoms with Gasteiger partial charge < -0.3 is 5.73 Å². The minimum atomic E-state index is -0.863. The summed E-state index contributed by atoms with van der Waals surface area (Å²) in [4.78, 5) is 36.5. The molecule has 1 atom stereocenters. The molecule has 3 amide bonds. The van der Waals surface area contributed by atoms with Crippen LogP contribution in [0.2, 0.25) is 0 Å². The molecule has 1 aliphatic heterocycles. The van der Waals surface area contributed by atoms with Gasteiger partial charge in [-0.1, -0.05) is 25.1 Å². The van der Waals surface area contributed by atoms with E-state index in [9.17, 15) is 14.4 Å². The molecule has 2 rings (SSSR count). The van der Waals surface area contributed by atoms with Gasteiger partial charge >= 0.3 is 0 Å². The summed E-state index contributed by atoms with van der Waals surface area (Å²) in [6.07, 6.45) is 0.459. The molecule has 1 heterocycles. The van der Waals surface area contributed by atoms with Crippen LogP contribution in [0.5, 0.6) is 0 Å². The predicted octanol–water partition coefficient (Wildman–Crippen LogP) is 0.475. The average Bonchev–Trinajstić information content (AvgIpc) is 2.34. The lowest BCUT2D eigenvalue weighted by Gasteiger charge is -2.31. The number of carbonyl (C=O) groups excluding carboxylic acids is 3. The van der Waals surface area contributed by atoms with E-state index in [2.05, 4.69) is 0 Å². The van der Waals surface area contributed by atoms with E-state index < -0.39 is 17.9 Å². The molecule has 0 saturated heterocycles. The third-order valence-corrected chi connectivity index (χ3v) is 3.10. The van der Waals surface area contributed by atoms with Gasteiger partial charge in [0, 0.05) is 5.56 Å².